The molecular formula is C26H32N2O4S. The lowest BCUT2D eigenvalue weighted by atomic mass is 9.74. The summed E-state index contributed by atoms with van der Waals surface area (Å²) >= 11 is 0. The number of benzene rings is 2. The lowest BCUT2D eigenvalue weighted by Gasteiger charge is -2.57. The molecule has 4 rings (SSSR count). The molecule has 7 heteroatoms. The molecule has 2 aromatic carbocycles. The maximum Gasteiger partial charge on any atom is 0.218 e. The summed E-state index contributed by atoms with van der Waals surface area (Å²) < 4.78 is 28.2. The molecule has 2 aliphatic heterocycles. The molecule has 33 heavy (non-hydrogen) atoms. The zero-order chi connectivity index (χ0) is 23.4. The van der Waals surface area contributed by atoms with Gasteiger partial charge in [0.05, 0.1) is 12.4 Å². The molecule has 0 aliphatic carbocycles. The van der Waals surface area contributed by atoms with E-state index in [0.717, 1.165) is 36.1 Å². The molecule has 0 unspecified atom stereocenters. The summed E-state index contributed by atoms with van der Waals surface area (Å²) in [6, 6.07) is 17.2. The third kappa shape index (κ3) is 5.48. The summed E-state index contributed by atoms with van der Waals surface area (Å²) in [5, 5.41) is 19.5. The third-order valence-corrected chi connectivity index (χ3v) is 8.46. The van der Waals surface area contributed by atoms with Crippen LogP contribution in [0, 0.1) is 11.8 Å². The van der Waals surface area contributed by atoms with Crippen molar-refractivity contribution in [2.45, 2.75) is 49.6 Å². The molecule has 0 radical (unpaired) electrons. The molecule has 0 aromatic heterocycles. The Morgan fingerprint density at radius 1 is 1.06 bits per heavy atom. The number of hydrogen-bond acceptors (Lipinski definition) is 5. The van der Waals surface area contributed by atoms with Crippen LogP contribution < -0.4 is 0 Å². The van der Waals surface area contributed by atoms with Crippen LogP contribution in [-0.2, 0) is 15.8 Å². The van der Waals surface area contributed by atoms with Gasteiger partial charge in [-0.05, 0) is 49.6 Å². The van der Waals surface area contributed by atoms with Crippen molar-refractivity contribution < 1.29 is 18.6 Å². The molecular weight excluding hydrogens is 436 g/mol. The van der Waals surface area contributed by atoms with Crippen molar-refractivity contribution in [2.24, 2.45) is 0 Å². The van der Waals surface area contributed by atoms with Crippen molar-refractivity contribution in [3.63, 3.8) is 0 Å². The molecule has 176 valence electrons. The van der Waals surface area contributed by atoms with E-state index in [-0.39, 0.29) is 30.4 Å². The highest BCUT2D eigenvalue weighted by Gasteiger charge is 2.50. The van der Waals surface area contributed by atoms with Crippen LogP contribution in [0.15, 0.2) is 54.6 Å². The number of rotatable bonds is 5. The smallest absolute Gasteiger partial charge is 0.218 e. The second kappa shape index (κ2) is 10.4. The van der Waals surface area contributed by atoms with Gasteiger partial charge in [0.1, 0.15) is 6.10 Å². The highest BCUT2D eigenvalue weighted by molar-refractivity contribution is 7.88. The Labute approximate surface area is 196 Å². The minimum absolute atomic E-state index is 0.00526. The van der Waals surface area contributed by atoms with Crippen molar-refractivity contribution in [1.29, 1.82) is 0 Å². The van der Waals surface area contributed by atoms with Gasteiger partial charge in [0.2, 0.25) is 10.0 Å². The fourth-order valence-electron chi connectivity index (χ4n) is 5.01. The van der Waals surface area contributed by atoms with E-state index in [1.165, 1.54) is 0 Å². The Morgan fingerprint density at radius 3 is 2.42 bits per heavy atom. The predicted molar refractivity (Wildman–Crippen MR) is 129 cm³/mol. The second-order valence-corrected chi connectivity index (χ2v) is 10.9. The van der Waals surface area contributed by atoms with E-state index in [4.69, 9.17) is 0 Å². The maximum absolute atomic E-state index is 13.3. The first-order valence-corrected chi connectivity index (χ1v) is 13.2. The lowest BCUT2D eigenvalue weighted by Crippen LogP contribution is -2.67. The van der Waals surface area contributed by atoms with Gasteiger partial charge in [-0.2, -0.15) is 0 Å². The quantitative estimate of drug-likeness (QED) is 0.658. The summed E-state index contributed by atoms with van der Waals surface area (Å²) in [6.45, 7) is 3.50. The van der Waals surface area contributed by atoms with Crippen LogP contribution in [0.1, 0.15) is 42.4 Å². The van der Waals surface area contributed by atoms with Gasteiger partial charge in [0, 0.05) is 36.7 Å². The second-order valence-electron chi connectivity index (χ2n) is 8.96. The topological polar surface area (TPSA) is 81.1 Å². The fourth-order valence-corrected chi connectivity index (χ4v) is 6.60. The van der Waals surface area contributed by atoms with Gasteiger partial charge in [0.15, 0.2) is 0 Å². The third-order valence-electron chi connectivity index (χ3n) is 6.64. The van der Waals surface area contributed by atoms with E-state index in [9.17, 15) is 18.6 Å². The molecule has 0 saturated carbocycles. The summed E-state index contributed by atoms with van der Waals surface area (Å²) in [7, 11) is -3.45. The molecule has 0 spiro atoms. The van der Waals surface area contributed by atoms with Gasteiger partial charge in [-0.3, -0.25) is 4.90 Å². The van der Waals surface area contributed by atoms with Crippen LogP contribution in [0.25, 0.3) is 0 Å². The number of hydrogen-bond donors (Lipinski definition) is 2. The van der Waals surface area contributed by atoms with Crippen molar-refractivity contribution in [2.75, 3.05) is 26.2 Å². The SMILES string of the molecule is C[C@@H](O)C#Cc1ccc([C@H]2[C@@H](CO)N3CCCCN(S(=O)(=O)Cc4ccccc4)C[C@@H]23)cc1. The molecule has 4 atom stereocenters. The number of nitrogens with zero attached hydrogens (tertiary/aromatic N) is 2. The van der Waals surface area contributed by atoms with Crippen LogP contribution in [0.5, 0.6) is 0 Å². The zero-order valence-corrected chi connectivity index (χ0v) is 19.8. The van der Waals surface area contributed by atoms with E-state index in [0.29, 0.717) is 13.1 Å². The molecule has 2 heterocycles. The number of sulfonamides is 1. The number of aliphatic hydroxyl groups excluding tert-OH is 2. The van der Waals surface area contributed by atoms with Crippen molar-refractivity contribution in [3.05, 3.63) is 71.3 Å². The summed E-state index contributed by atoms with van der Waals surface area (Å²) in [6.07, 6.45) is 1.05. The Kier molecular flexibility index (Phi) is 7.52. The highest BCUT2D eigenvalue weighted by Crippen LogP contribution is 2.42. The Morgan fingerprint density at radius 2 is 1.76 bits per heavy atom. The van der Waals surface area contributed by atoms with Gasteiger partial charge in [-0.1, -0.05) is 54.3 Å². The minimum atomic E-state index is -3.45. The van der Waals surface area contributed by atoms with Gasteiger partial charge in [0.25, 0.3) is 0 Å². The molecule has 2 N–H and O–H groups in total. The molecule has 2 aliphatic rings. The van der Waals surface area contributed by atoms with E-state index in [1.807, 2.05) is 54.6 Å². The molecule has 2 aromatic rings. The van der Waals surface area contributed by atoms with E-state index in [2.05, 4.69) is 16.7 Å². The van der Waals surface area contributed by atoms with Crippen LogP contribution in [0.2, 0.25) is 0 Å². The lowest BCUT2D eigenvalue weighted by molar-refractivity contribution is -0.0554. The summed E-state index contributed by atoms with van der Waals surface area (Å²) in [5.74, 6) is 5.76. The summed E-state index contributed by atoms with van der Waals surface area (Å²) in [5.41, 5.74) is 2.70. The predicted octanol–water partition coefficient (Wildman–Crippen LogP) is 2.17. The van der Waals surface area contributed by atoms with Crippen LogP contribution in [0.4, 0.5) is 0 Å². The fraction of sp³-hybridized carbons (Fsp3) is 0.462. The number of aliphatic hydroxyl groups is 2. The standard InChI is InChI=1S/C26H32N2O4S/c1-20(30)9-10-21-11-13-23(14-12-21)26-24-17-27(15-5-6-16-28(24)25(26)18-29)33(31,32)19-22-7-3-2-4-8-22/h2-4,7-8,11-14,20,24-26,29-30H,5-6,15-19H2,1H3/t20-,24+,25-,26-/m1/s1. The Balaban J connectivity index is 1.55. The van der Waals surface area contributed by atoms with Crippen LogP contribution in [-0.4, -0.2) is 72.3 Å². The molecule has 0 amide bonds. The van der Waals surface area contributed by atoms with Crippen LogP contribution in [0.3, 0.4) is 0 Å². The Hall–Kier alpha value is -2.21. The van der Waals surface area contributed by atoms with E-state index in [1.54, 1.807) is 11.2 Å². The average Bonchev–Trinajstić information content (AvgIpc) is 2.77. The van der Waals surface area contributed by atoms with Crippen molar-refractivity contribution in [3.8, 4) is 11.8 Å². The van der Waals surface area contributed by atoms with Crippen LogP contribution >= 0.6 is 0 Å². The molecule has 6 nitrogen and oxygen atoms in total. The normalized spacial score (nSPS) is 25.0. The highest BCUT2D eigenvalue weighted by atomic mass is 32.2. The van der Waals surface area contributed by atoms with Gasteiger partial charge >= 0.3 is 0 Å². The van der Waals surface area contributed by atoms with E-state index < -0.39 is 16.1 Å². The molecule has 0 bridgehead atoms. The van der Waals surface area contributed by atoms with Gasteiger partial charge in [-0.15, -0.1) is 0 Å². The zero-order valence-electron chi connectivity index (χ0n) is 19.0. The first-order valence-electron chi connectivity index (χ1n) is 11.6. The largest absolute Gasteiger partial charge is 0.395 e. The summed E-state index contributed by atoms with van der Waals surface area (Å²) in [4.78, 5) is 2.27. The van der Waals surface area contributed by atoms with Crippen molar-refractivity contribution >= 4 is 10.0 Å². The molecule has 2 fully saturated rings. The Bertz CT molecular complexity index is 1090. The average molecular weight is 469 g/mol. The van der Waals surface area contributed by atoms with Crippen molar-refractivity contribution in [1.82, 2.24) is 9.21 Å². The minimum Gasteiger partial charge on any atom is -0.395 e. The molecule has 2 saturated heterocycles. The van der Waals surface area contributed by atoms with Gasteiger partial charge in [-0.25, -0.2) is 12.7 Å². The first kappa shape index (κ1) is 23.9. The monoisotopic (exact) mass is 468 g/mol. The maximum atomic E-state index is 13.3. The first-order chi connectivity index (χ1) is 15.9. The number of fused-ring (bicyclic) bond motifs is 1. The van der Waals surface area contributed by atoms with E-state index >= 15 is 0 Å². The van der Waals surface area contributed by atoms with Gasteiger partial charge < -0.3 is 10.2 Å².